The van der Waals surface area contributed by atoms with Gasteiger partial charge in [-0.1, -0.05) is 20.8 Å². The van der Waals surface area contributed by atoms with Crippen molar-refractivity contribution in [3.63, 3.8) is 0 Å². The van der Waals surface area contributed by atoms with Crippen LogP contribution < -0.4 is 0 Å². The fourth-order valence-electron chi connectivity index (χ4n) is 2.05. The van der Waals surface area contributed by atoms with Crippen LogP contribution in [0, 0.1) is 0 Å². The second-order valence-corrected chi connectivity index (χ2v) is 14.8. The van der Waals surface area contributed by atoms with E-state index < -0.39 is 8.32 Å². The van der Waals surface area contributed by atoms with Crippen LogP contribution in [0.5, 0.6) is 0 Å². The molecule has 1 aliphatic rings. The number of hydrogen-bond donors (Lipinski definition) is 0. The molecule has 2 nitrogen and oxygen atoms in total. The zero-order chi connectivity index (χ0) is 15.5. The summed E-state index contributed by atoms with van der Waals surface area (Å²) in [6.45, 7) is 12.3. The van der Waals surface area contributed by atoms with Gasteiger partial charge in [-0.25, -0.2) is 0 Å². The topological polar surface area (TPSA) is 22.4 Å². The molecule has 0 amide bonds. The lowest BCUT2D eigenvalue weighted by atomic mass is 10.1. The first-order chi connectivity index (χ1) is 9.81. The highest BCUT2D eigenvalue weighted by Crippen LogP contribution is 2.43. The molecule has 1 atom stereocenters. The molecule has 1 saturated heterocycles. The van der Waals surface area contributed by atoms with E-state index in [-0.39, 0.29) is 5.04 Å². The second-order valence-electron chi connectivity index (χ2n) is 7.16. The van der Waals surface area contributed by atoms with Crippen molar-refractivity contribution in [1.82, 2.24) is 0 Å². The van der Waals surface area contributed by atoms with E-state index >= 15 is 0 Å². The van der Waals surface area contributed by atoms with Crippen LogP contribution in [0.4, 0.5) is 0 Å². The predicted octanol–water partition coefficient (Wildman–Crippen LogP) is 5.58. The van der Waals surface area contributed by atoms with Gasteiger partial charge in [-0.3, -0.25) is 0 Å². The van der Waals surface area contributed by atoms with Crippen LogP contribution in [0.3, 0.4) is 0 Å². The van der Waals surface area contributed by atoms with Crippen molar-refractivity contribution < 1.29 is 8.84 Å². The molecule has 2 heterocycles. The minimum atomic E-state index is -1.70. The lowest BCUT2D eigenvalue weighted by molar-refractivity contribution is 0.254. The third-order valence-corrected chi connectivity index (χ3v) is 12.2. The van der Waals surface area contributed by atoms with E-state index in [9.17, 15) is 0 Å². The van der Waals surface area contributed by atoms with E-state index in [2.05, 4.69) is 63.5 Å². The van der Waals surface area contributed by atoms with Crippen LogP contribution in [0.1, 0.15) is 38.9 Å². The largest absolute Gasteiger partial charge is 0.469 e. The number of furan rings is 1. The van der Waals surface area contributed by atoms with Gasteiger partial charge in [0.1, 0.15) is 5.76 Å². The van der Waals surface area contributed by atoms with E-state index in [1.165, 1.54) is 17.9 Å². The zero-order valence-electron chi connectivity index (χ0n) is 13.8. The minimum Gasteiger partial charge on any atom is -0.469 e. The third-order valence-electron chi connectivity index (χ3n) is 4.52. The zero-order valence-corrected chi connectivity index (χ0v) is 16.5. The second kappa shape index (κ2) is 7.15. The Labute approximate surface area is 138 Å². The van der Waals surface area contributed by atoms with Gasteiger partial charge in [0, 0.05) is 6.61 Å². The molecule has 1 aliphatic heterocycles. The predicted molar refractivity (Wildman–Crippen MR) is 97.9 cm³/mol. The van der Waals surface area contributed by atoms with Crippen molar-refractivity contribution in [2.24, 2.45) is 0 Å². The molecule has 0 saturated carbocycles. The SMILES string of the molecule is CC(C)(C)[Si](C)(C)OCC(c1ccco1)C1SCCCS1. The first-order valence-corrected chi connectivity index (χ1v) is 12.7. The highest BCUT2D eigenvalue weighted by Gasteiger charge is 2.39. The van der Waals surface area contributed by atoms with Crippen molar-refractivity contribution in [2.45, 2.75) is 55.8 Å². The summed E-state index contributed by atoms with van der Waals surface area (Å²) < 4.78 is 12.8. The number of hydrogen-bond acceptors (Lipinski definition) is 4. The summed E-state index contributed by atoms with van der Waals surface area (Å²) in [5.74, 6) is 3.97. The fraction of sp³-hybridized carbons (Fsp3) is 0.750. The first-order valence-electron chi connectivity index (χ1n) is 7.72. The third kappa shape index (κ3) is 4.56. The molecular formula is C16H28O2S2Si. The average molecular weight is 345 g/mol. The highest BCUT2D eigenvalue weighted by atomic mass is 32.2. The van der Waals surface area contributed by atoms with E-state index in [1.54, 1.807) is 6.26 Å². The molecular weight excluding hydrogens is 316 g/mol. The summed E-state index contributed by atoms with van der Waals surface area (Å²) in [5.41, 5.74) is 0. The summed E-state index contributed by atoms with van der Waals surface area (Å²) in [6.07, 6.45) is 3.10. The number of rotatable bonds is 5. The molecule has 1 aromatic heterocycles. The molecule has 1 unspecified atom stereocenters. The standard InChI is InChI=1S/C16H28O2S2Si/c1-16(2,3)21(4,5)18-12-13(14-8-6-9-17-14)15-19-10-7-11-20-15/h6,8-9,13,15H,7,10-12H2,1-5H3. The maximum atomic E-state index is 6.49. The smallest absolute Gasteiger partial charge is 0.192 e. The van der Waals surface area contributed by atoms with Gasteiger partial charge in [0.25, 0.3) is 0 Å². The molecule has 0 aliphatic carbocycles. The van der Waals surface area contributed by atoms with Gasteiger partial charge in [-0.05, 0) is 48.2 Å². The van der Waals surface area contributed by atoms with Crippen LogP contribution in [-0.4, -0.2) is 31.0 Å². The molecule has 21 heavy (non-hydrogen) atoms. The van der Waals surface area contributed by atoms with Crippen molar-refractivity contribution in [2.75, 3.05) is 18.1 Å². The molecule has 5 heteroatoms. The highest BCUT2D eigenvalue weighted by molar-refractivity contribution is 8.17. The van der Waals surface area contributed by atoms with Crippen LogP contribution in [0.25, 0.3) is 0 Å². The lowest BCUT2D eigenvalue weighted by Gasteiger charge is -2.38. The summed E-state index contributed by atoms with van der Waals surface area (Å²) >= 11 is 4.13. The number of thioether (sulfide) groups is 2. The molecule has 0 N–H and O–H groups in total. The van der Waals surface area contributed by atoms with Crippen molar-refractivity contribution >= 4 is 31.8 Å². The minimum absolute atomic E-state index is 0.258. The van der Waals surface area contributed by atoms with Crippen LogP contribution in [-0.2, 0) is 4.43 Å². The summed E-state index contributed by atoms with van der Waals surface area (Å²) in [7, 11) is -1.70. The fourth-order valence-corrected chi connectivity index (χ4v) is 6.20. The average Bonchev–Trinajstić information content (AvgIpc) is 2.93. The van der Waals surface area contributed by atoms with E-state index in [4.69, 9.17) is 8.84 Å². The molecule has 0 radical (unpaired) electrons. The lowest BCUT2D eigenvalue weighted by Crippen LogP contribution is -2.42. The molecule has 0 aromatic carbocycles. The Kier molecular flexibility index (Phi) is 5.96. The maximum absolute atomic E-state index is 6.49. The van der Waals surface area contributed by atoms with Crippen molar-refractivity contribution in [3.05, 3.63) is 24.2 Å². The quantitative estimate of drug-likeness (QED) is 0.650. The van der Waals surface area contributed by atoms with E-state index in [1.807, 2.05) is 6.07 Å². The molecule has 120 valence electrons. The van der Waals surface area contributed by atoms with Gasteiger partial charge < -0.3 is 8.84 Å². The van der Waals surface area contributed by atoms with Gasteiger partial charge in [-0.15, -0.1) is 23.5 Å². The monoisotopic (exact) mass is 344 g/mol. The van der Waals surface area contributed by atoms with Crippen molar-refractivity contribution in [3.8, 4) is 0 Å². The summed E-state index contributed by atoms with van der Waals surface area (Å²) in [5, 5.41) is 0.258. The molecule has 1 fully saturated rings. The molecule has 2 rings (SSSR count). The van der Waals surface area contributed by atoms with Gasteiger partial charge in [0.2, 0.25) is 0 Å². The van der Waals surface area contributed by atoms with Gasteiger partial charge in [0.15, 0.2) is 8.32 Å². The van der Waals surface area contributed by atoms with Crippen molar-refractivity contribution in [1.29, 1.82) is 0 Å². The van der Waals surface area contributed by atoms with Crippen LogP contribution >= 0.6 is 23.5 Å². The normalized spacial score (nSPS) is 19.7. The maximum Gasteiger partial charge on any atom is 0.192 e. The Morgan fingerprint density at radius 1 is 1.33 bits per heavy atom. The van der Waals surface area contributed by atoms with Gasteiger partial charge >= 0.3 is 0 Å². The van der Waals surface area contributed by atoms with Crippen LogP contribution in [0.15, 0.2) is 22.8 Å². The van der Waals surface area contributed by atoms with Gasteiger partial charge in [0.05, 0.1) is 16.8 Å². The summed E-state index contributed by atoms with van der Waals surface area (Å²) in [6, 6.07) is 4.10. The van der Waals surface area contributed by atoms with Crippen LogP contribution in [0.2, 0.25) is 18.1 Å². The van der Waals surface area contributed by atoms with Gasteiger partial charge in [-0.2, -0.15) is 0 Å². The summed E-state index contributed by atoms with van der Waals surface area (Å²) in [4.78, 5) is 0. The molecule has 0 bridgehead atoms. The Balaban J connectivity index is 2.06. The first kappa shape index (κ1) is 17.5. The Hall–Kier alpha value is 0.157. The Bertz CT molecular complexity index is 420. The van der Waals surface area contributed by atoms with E-state index in [0.717, 1.165) is 12.4 Å². The Morgan fingerprint density at radius 3 is 2.52 bits per heavy atom. The molecule has 0 spiro atoms. The van der Waals surface area contributed by atoms with E-state index in [0.29, 0.717) is 10.5 Å². The molecule has 1 aromatic rings. The Morgan fingerprint density at radius 2 is 2.00 bits per heavy atom.